The molecule has 0 aliphatic carbocycles. The zero-order chi connectivity index (χ0) is 18.7. The molecule has 0 spiro atoms. The Labute approximate surface area is 158 Å². The first-order valence-corrected chi connectivity index (χ1v) is 9.37. The van der Waals surface area contributed by atoms with Crippen molar-refractivity contribution in [2.24, 2.45) is 0 Å². The summed E-state index contributed by atoms with van der Waals surface area (Å²) in [6, 6.07) is 11.8. The van der Waals surface area contributed by atoms with Gasteiger partial charge in [-0.1, -0.05) is 12.1 Å². The van der Waals surface area contributed by atoms with E-state index in [0.717, 1.165) is 23.5 Å². The average molecular weight is 369 g/mol. The summed E-state index contributed by atoms with van der Waals surface area (Å²) in [5.74, 6) is 1.19. The van der Waals surface area contributed by atoms with Crippen LogP contribution in [0.25, 0.3) is 0 Å². The molecule has 0 N–H and O–H groups in total. The van der Waals surface area contributed by atoms with E-state index in [1.165, 1.54) is 4.88 Å². The van der Waals surface area contributed by atoms with Crippen LogP contribution < -0.4 is 9.47 Å². The van der Waals surface area contributed by atoms with Crippen LogP contribution in [-0.4, -0.2) is 24.1 Å². The van der Waals surface area contributed by atoms with Crippen LogP contribution in [-0.2, 0) is 6.54 Å². The van der Waals surface area contributed by atoms with Crippen LogP contribution >= 0.6 is 11.3 Å². The van der Waals surface area contributed by atoms with Gasteiger partial charge in [-0.05, 0) is 56.0 Å². The van der Waals surface area contributed by atoms with E-state index in [2.05, 4.69) is 16.0 Å². The van der Waals surface area contributed by atoms with Gasteiger partial charge in [-0.15, -0.1) is 11.3 Å². The zero-order valence-electron chi connectivity index (χ0n) is 15.5. The van der Waals surface area contributed by atoms with Gasteiger partial charge in [0.25, 0.3) is 0 Å². The van der Waals surface area contributed by atoms with Crippen molar-refractivity contribution in [2.75, 3.05) is 13.7 Å². The highest BCUT2D eigenvalue weighted by molar-refractivity contribution is 7.09. The molecule has 0 aliphatic heterocycles. The van der Waals surface area contributed by atoms with Crippen LogP contribution in [0.3, 0.4) is 0 Å². The molecule has 1 aromatic carbocycles. The van der Waals surface area contributed by atoms with Crippen LogP contribution in [0.4, 0.5) is 0 Å². The Kier molecular flexibility index (Phi) is 5.47. The second-order valence-corrected chi connectivity index (χ2v) is 7.35. The lowest BCUT2D eigenvalue weighted by Crippen LogP contribution is -2.13. The van der Waals surface area contributed by atoms with E-state index >= 15 is 0 Å². The molecule has 5 heteroatoms. The van der Waals surface area contributed by atoms with Crippen molar-refractivity contribution in [2.45, 2.75) is 27.3 Å². The Morgan fingerprint density at radius 2 is 1.92 bits per heavy atom. The Bertz CT molecular complexity index is 910. The molecule has 0 saturated carbocycles. The molecule has 26 heavy (non-hydrogen) atoms. The number of hydrogen-bond acceptors (Lipinski definition) is 4. The van der Waals surface area contributed by atoms with Gasteiger partial charge in [-0.25, -0.2) is 0 Å². The lowest BCUT2D eigenvalue weighted by Gasteiger charge is -2.11. The molecule has 3 rings (SSSR count). The number of aromatic nitrogens is 1. The average Bonchev–Trinajstić information content (AvgIpc) is 3.24. The van der Waals surface area contributed by atoms with Gasteiger partial charge in [-0.3, -0.25) is 4.79 Å². The van der Waals surface area contributed by atoms with Crippen molar-refractivity contribution in [3.8, 4) is 11.5 Å². The number of ether oxygens (including phenoxy) is 2. The lowest BCUT2D eigenvalue weighted by molar-refractivity contribution is 0.0918. The summed E-state index contributed by atoms with van der Waals surface area (Å²) in [7, 11) is 1.60. The van der Waals surface area contributed by atoms with Gasteiger partial charge in [-0.2, -0.15) is 0 Å². The van der Waals surface area contributed by atoms with Crippen molar-refractivity contribution in [3.63, 3.8) is 0 Å². The van der Waals surface area contributed by atoms with Gasteiger partial charge in [0.05, 0.1) is 13.7 Å². The lowest BCUT2D eigenvalue weighted by atomic mass is 10.1. The molecule has 0 atom stereocenters. The fourth-order valence-electron chi connectivity index (χ4n) is 3.00. The quantitative estimate of drug-likeness (QED) is 0.562. The number of nitrogens with zero attached hydrogens (tertiary/aromatic N) is 1. The maximum absolute atomic E-state index is 12.7. The number of rotatable bonds is 7. The summed E-state index contributed by atoms with van der Waals surface area (Å²) in [6.07, 6.45) is 0. The third kappa shape index (κ3) is 3.83. The van der Waals surface area contributed by atoms with Gasteiger partial charge in [0, 0.05) is 21.8 Å². The second kappa shape index (κ2) is 7.79. The van der Waals surface area contributed by atoms with E-state index in [1.807, 2.05) is 51.1 Å². The largest absolute Gasteiger partial charge is 0.493 e. The molecular weight excluding hydrogens is 346 g/mol. The first-order chi connectivity index (χ1) is 12.5. The van der Waals surface area contributed by atoms with E-state index in [9.17, 15) is 4.79 Å². The van der Waals surface area contributed by atoms with E-state index in [4.69, 9.17) is 9.47 Å². The molecule has 136 valence electrons. The number of ketones is 1. The van der Waals surface area contributed by atoms with Crippen LogP contribution in [0.15, 0.2) is 41.8 Å². The summed E-state index contributed by atoms with van der Waals surface area (Å²) < 4.78 is 13.2. The van der Waals surface area contributed by atoms with Gasteiger partial charge >= 0.3 is 0 Å². The fourth-order valence-corrected chi connectivity index (χ4v) is 3.69. The Balaban J connectivity index is 1.74. The SMILES string of the molecule is COc1cc(C)ccc1OCC(=O)c1cc(C)n(Cc2cccs2)c1C. The number of benzene rings is 1. The highest BCUT2D eigenvalue weighted by Crippen LogP contribution is 2.28. The molecule has 0 fully saturated rings. The monoisotopic (exact) mass is 369 g/mol. The second-order valence-electron chi connectivity index (χ2n) is 6.32. The molecule has 0 amide bonds. The minimum Gasteiger partial charge on any atom is -0.493 e. The minimum atomic E-state index is -0.0295. The summed E-state index contributed by atoms with van der Waals surface area (Å²) in [5.41, 5.74) is 3.84. The predicted molar refractivity (Wildman–Crippen MR) is 105 cm³/mol. The highest BCUT2D eigenvalue weighted by Gasteiger charge is 2.17. The standard InChI is InChI=1S/C21H23NO3S/c1-14-7-8-20(21(10-14)24-4)25-13-19(23)18-11-15(2)22(16(18)3)12-17-6-5-9-26-17/h5-11H,12-13H2,1-4H3. The number of carbonyl (C=O) groups excluding carboxylic acids is 1. The van der Waals surface area contributed by atoms with Crippen LogP contribution in [0.5, 0.6) is 11.5 Å². The summed E-state index contributed by atoms with van der Waals surface area (Å²) in [5, 5.41) is 2.07. The van der Waals surface area contributed by atoms with Crippen LogP contribution in [0.2, 0.25) is 0 Å². The van der Waals surface area contributed by atoms with Crippen molar-refractivity contribution in [1.82, 2.24) is 4.57 Å². The first-order valence-electron chi connectivity index (χ1n) is 8.49. The van der Waals surface area contributed by atoms with Crippen molar-refractivity contribution >= 4 is 17.1 Å². The van der Waals surface area contributed by atoms with E-state index in [0.29, 0.717) is 17.1 Å². The Hall–Kier alpha value is -2.53. The number of methoxy groups -OCH3 is 1. The molecule has 2 aromatic heterocycles. The number of carbonyl (C=O) groups is 1. The number of thiophene rings is 1. The number of Topliss-reactive ketones (excluding diaryl/α,β-unsaturated/α-hetero) is 1. The topological polar surface area (TPSA) is 40.5 Å². The molecule has 2 heterocycles. The molecule has 3 aromatic rings. The van der Waals surface area contributed by atoms with Gasteiger partial charge < -0.3 is 14.0 Å². The minimum absolute atomic E-state index is 0.0112. The van der Waals surface area contributed by atoms with E-state index < -0.39 is 0 Å². The predicted octanol–water partition coefficient (Wildman–Crippen LogP) is 4.79. The van der Waals surface area contributed by atoms with Gasteiger partial charge in [0.1, 0.15) is 0 Å². The maximum Gasteiger partial charge on any atom is 0.202 e. The third-order valence-corrected chi connectivity index (χ3v) is 5.31. The van der Waals surface area contributed by atoms with Crippen molar-refractivity contribution < 1.29 is 14.3 Å². The Morgan fingerprint density at radius 3 is 2.62 bits per heavy atom. The Morgan fingerprint density at radius 1 is 1.12 bits per heavy atom. The molecule has 0 bridgehead atoms. The molecular formula is C21H23NO3S. The zero-order valence-corrected chi connectivity index (χ0v) is 16.4. The highest BCUT2D eigenvalue weighted by atomic mass is 32.1. The van der Waals surface area contributed by atoms with Gasteiger partial charge in [0.15, 0.2) is 18.1 Å². The number of aryl methyl sites for hydroxylation is 2. The number of hydrogen-bond donors (Lipinski definition) is 0. The summed E-state index contributed by atoms with van der Waals surface area (Å²) in [6.45, 7) is 6.78. The van der Waals surface area contributed by atoms with E-state index in [-0.39, 0.29) is 12.4 Å². The fraction of sp³-hybridized carbons (Fsp3) is 0.286. The smallest absolute Gasteiger partial charge is 0.202 e. The normalized spacial score (nSPS) is 10.8. The maximum atomic E-state index is 12.7. The molecule has 0 unspecified atom stereocenters. The summed E-state index contributed by atoms with van der Waals surface area (Å²) in [4.78, 5) is 14.0. The molecule has 0 radical (unpaired) electrons. The molecule has 4 nitrogen and oxygen atoms in total. The summed E-state index contributed by atoms with van der Waals surface area (Å²) >= 11 is 1.72. The van der Waals surface area contributed by atoms with Crippen molar-refractivity contribution in [1.29, 1.82) is 0 Å². The third-order valence-electron chi connectivity index (χ3n) is 4.45. The van der Waals surface area contributed by atoms with Crippen molar-refractivity contribution in [3.05, 3.63) is 69.2 Å². The van der Waals surface area contributed by atoms with Gasteiger partial charge in [0.2, 0.25) is 5.78 Å². The van der Waals surface area contributed by atoms with Crippen LogP contribution in [0.1, 0.15) is 32.2 Å². The van der Waals surface area contributed by atoms with Crippen LogP contribution in [0, 0.1) is 20.8 Å². The molecule has 0 aliphatic rings. The first kappa shape index (κ1) is 18.3. The molecule has 0 saturated heterocycles. The van der Waals surface area contributed by atoms with E-state index in [1.54, 1.807) is 18.4 Å².